The highest BCUT2D eigenvalue weighted by Gasteiger charge is 2.53. The van der Waals surface area contributed by atoms with Gasteiger partial charge in [-0.25, -0.2) is 4.79 Å². The fraction of sp³-hybridized carbons (Fsp3) is 0.913. The second-order valence-corrected chi connectivity index (χ2v) is 10.8. The number of halogens is 1. The summed E-state index contributed by atoms with van der Waals surface area (Å²) in [6, 6.07) is 0.279. The molecule has 0 aromatic rings. The summed E-state index contributed by atoms with van der Waals surface area (Å²) in [4.78, 5) is 21.8. The molecule has 172 valence electrons. The van der Waals surface area contributed by atoms with Crippen LogP contribution < -0.4 is 5.32 Å². The molecule has 7 heteroatoms. The van der Waals surface area contributed by atoms with Crippen molar-refractivity contribution in [2.75, 3.05) is 33.2 Å². The molecule has 6 nitrogen and oxygen atoms in total. The zero-order valence-electron chi connectivity index (χ0n) is 19.3. The number of carbonyl (C=O) groups excluding carboxylic acids is 1. The third-order valence-corrected chi connectivity index (χ3v) is 7.13. The molecule has 30 heavy (non-hydrogen) atoms. The van der Waals surface area contributed by atoms with E-state index in [0.29, 0.717) is 11.3 Å². The van der Waals surface area contributed by atoms with Crippen molar-refractivity contribution in [3.8, 4) is 0 Å². The number of nitrogens with zero attached hydrogens (tertiary/aromatic N) is 3. The smallest absolute Gasteiger partial charge is 0.410 e. The van der Waals surface area contributed by atoms with Crippen LogP contribution >= 0.6 is 24.0 Å². The molecule has 0 aromatic carbocycles. The Morgan fingerprint density at radius 3 is 2.23 bits per heavy atom. The largest absolute Gasteiger partial charge is 0.444 e. The van der Waals surface area contributed by atoms with Crippen molar-refractivity contribution in [2.24, 2.45) is 22.2 Å². The first-order valence-corrected chi connectivity index (χ1v) is 11.7. The van der Waals surface area contributed by atoms with E-state index in [0.717, 1.165) is 50.9 Å². The van der Waals surface area contributed by atoms with Crippen molar-refractivity contribution >= 4 is 36.0 Å². The molecule has 0 unspecified atom stereocenters. The summed E-state index contributed by atoms with van der Waals surface area (Å²) in [7, 11) is 1.89. The van der Waals surface area contributed by atoms with Crippen LogP contribution in [0.3, 0.4) is 0 Å². The number of hydrogen-bond acceptors (Lipinski definition) is 3. The van der Waals surface area contributed by atoms with Crippen LogP contribution in [0.25, 0.3) is 0 Å². The van der Waals surface area contributed by atoms with E-state index in [9.17, 15) is 4.79 Å². The van der Waals surface area contributed by atoms with E-state index in [1.54, 1.807) is 0 Å². The van der Waals surface area contributed by atoms with E-state index in [1.165, 1.54) is 38.5 Å². The first kappa shape index (κ1) is 23.9. The summed E-state index contributed by atoms with van der Waals surface area (Å²) in [5, 5.41) is 3.67. The highest BCUT2D eigenvalue weighted by Crippen LogP contribution is 2.60. The molecule has 0 spiro atoms. The molecule has 1 amide bonds. The Hall–Kier alpha value is -0.730. The van der Waals surface area contributed by atoms with Crippen LogP contribution in [0, 0.1) is 17.3 Å². The molecule has 1 saturated heterocycles. The third-order valence-electron chi connectivity index (χ3n) is 7.13. The second-order valence-electron chi connectivity index (χ2n) is 10.8. The van der Waals surface area contributed by atoms with Gasteiger partial charge in [-0.2, -0.15) is 0 Å². The number of likely N-dealkylation sites (tertiary alicyclic amines) is 1. The molecule has 1 aliphatic heterocycles. The molecule has 3 aliphatic carbocycles. The quantitative estimate of drug-likeness (QED) is 0.312. The lowest BCUT2D eigenvalue weighted by Crippen LogP contribution is -2.53. The van der Waals surface area contributed by atoms with Gasteiger partial charge in [-0.15, -0.1) is 24.0 Å². The van der Waals surface area contributed by atoms with E-state index in [4.69, 9.17) is 4.74 Å². The number of carbonyl (C=O) groups is 1. The Morgan fingerprint density at radius 1 is 1.13 bits per heavy atom. The fourth-order valence-electron chi connectivity index (χ4n) is 4.83. The Balaban J connectivity index is 0.00000256. The molecule has 1 heterocycles. The van der Waals surface area contributed by atoms with Crippen LogP contribution in [-0.4, -0.2) is 66.7 Å². The average Bonchev–Trinajstić information content (AvgIpc) is 3.53. The maximum Gasteiger partial charge on any atom is 0.410 e. The lowest BCUT2D eigenvalue weighted by molar-refractivity contribution is 0.00927. The monoisotopic (exact) mass is 532 g/mol. The maximum absolute atomic E-state index is 12.8. The van der Waals surface area contributed by atoms with Gasteiger partial charge < -0.3 is 19.9 Å². The van der Waals surface area contributed by atoms with Crippen molar-refractivity contribution in [1.82, 2.24) is 15.1 Å². The predicted octanol–water partition coefficient (Wildman–Crippen LogP) is 4.48. The minimum absolute atomic E-state index is 0. The number of hydrogen-bond donors (Lipinski definition) is 1. The van der Waals surface area contributed by atoms with Gasteiger partial charge in [0.1, 0.15) is 5.60 Å². The van der Waals surface area contributed by atoms with Gasteiger partial charge in [-0.3, -0.25) is 4.99 Å². The Labute approximate surface area is 199 Å². The summed E-state index contributed by atoms with van der Waals surface area (Å²) < 4.78 is 5.73. The van der Waals surface area contributed by atoms with Crippen molar-refractivity contribution in [3.63, 3.8) is 0 Å². The van der Waals surface area contributed by atoms with Gasteiger partial charge in [-0.05, 0) is 89.4 Å². The number of guanidine groups is 1. The van der Waals surface area contributed by atoms with Crippen LogP contribution in [0.4, 0.5) is 4.79 Å². The van der Waals surface area contributed by atoms with Crippen LogP contribution in [0.5, 0.6) is 0 Å². The van der Waals surface area contributed by atoms with Gasteiger partial charge in [0.05, 0.1) is 0 Å². The Bertz CT molecular complexity index is 628. The molecule has 4 fully saturated rings. The van der Waals surface area contributed by atoms with Crippen molar-refractivity contribution in [3.05, 3.63) is 0 Å². The van der Waals surface area contributed by atoms with Crippen LogP contribution in [0.1, 0.15) is 72.1 Å². The highest BCUT2D eigenvalue weighted by molar-refractivity contribution is 14.0. The number of aliphatic imine (C=N–C) groups is 1. The summed E-state index contributed by atoms with van der Waals surface area (Å²) in [6.07, 6.45) is 9.95. The fourth-order valence-corrected chi connectivity index (χ4v) is 4.83. The number of ether oxygens (including phenoxy) is 1. The highest BCUT2D eigenvalue weighted by atomic mass is 127. The Kier molecular flexibility index (Phi) is 7.50. The van der Waals surface area contributed by atoms with Gasteiger partial charge >= 0.3 is 6.09 Å². The van der Waals surface area contributed by atoms with E-state index < -0.39 is 5.60 Å². The lowest BCUT2D eigenvalue weighted by Gasteiger charge is -2.40. The zero-order valence-corrected chi connectivity index (χ0v) is 21.6. The molecule has 0 aromatic heterocycles. The molecule has 4 rings (SSSR count). The molecule has 0 bridgehead atoms. The van der Waals surface area contributed by atoms with E-state index in [1.807, 2.05) is 32.7 Å². The SMILES string of the molecule is CN=C(NCC1(C2CC2)CC1)N1CCC(N(CC2CC2)C(=O)OC(C)(C)C)CC1.I. The van der Waals surface area contributed by atoms with Gasteiger partial charge in [0.2, 0.25) is 0 Å². The molecule has 4 aliphatic rings. The van der Waals surface area contributed by atoms with E-state index in [2.05, 4.69) is 15.2 Å². The minimum Gasteiger partial charge on any atom is -0.444 e. The molecule has 1 N–H and O–H groups in total. The summed E-state index contributed by atoms with van der Waals surface area (Å²) in [5.74, 6) is 2.68. The van der Waals surface area contributed by atoms with Crippen molar-refractivity contribution in [1.29, 1.82) is 0 Å². The third kappa shape index (κ3) is 6.16. The lowest BCUT2D eigenvalue weighted by atomic mass is 10.0. The summed E-state index contributed by atoms with van der Waals surface area (Å²) >= 11 is 0. The number of amides is 1. The average molecular weight is 533 g/mol. The molecule has 0 atom stereocenters. The maximum atomic E-state index is 12.8. The summed E-state index contributed by atoms with van der Waals surface area (Å²) in [5.41, 5.74) is 0.137. The van der Waals surface area contributed by atoms with Crippen LogP contribution in [-0.2, 0) is 4.74 Å². The topological polar surface area (TPSA) is 57.2 Å². The van der Waals surface area contributed by atoms with Gasteiger partial charge in [0, 0.05) is 39.3 Å². The predicted molar refractivity (Wildman–Crippen MR) is 131 cm³/mol. The van der Waals surface area contributed by atoms with Crippen LogP contribution in [0.15, 0.2) is 4.99 Å². The standard InChI is InChI=1S/C23H40N4O2.HI/c1-22(2,3)29-21(28)27(15-17-5-6-17)19-9-13-26(14-10-19)20(24-4)25-16-23(11-12-23)18-7-8-18;/h17-19H,5-16H2,1-4H3,(H,24,25);1H. The molecular formula is C23H41IN4O2. The Morgan fingerprint density at radius 2 is 1.77 bits per heavy atom. The van der Waals surface area contributed by atoms with Gasteiger partial charge in [0.15, 0.2) is 5.96 Å². The number of nitrogens with one attached hydrogen (secondary N) is 1. The van der Waals surface area contributed by atoms with E-state index >= 15 is 0 Å². The van der Waals surface area contributed by atoms with Gasteiger partial charge in [-0.1, -0.05) is 0 Å². The van der Waals surface area contributed by atoms with E-state index in [-0.39, 0.29) is 36.1 Å². The first-order valence-electron chi connectivity index (χ1n) is 11.7. The van der Waals surface area contributed by atoms with Gasteiger partial charge in [0.25, 0.3) is 0 Å². The number of rotatable bonds is 6. The molecular weight excluding hydrogens is 491 g/mol. The molecule has 3 saturated carbocycles. The normalized spacial score (nSPS) is 24.1. The van der Waals surface area contributed by atoms with Crippen molar-refractivity contribution in [2.45, 2.75) is 83.8 Å². The summed E-state index contributed by atoms with van der Waals surface area (Å²) in [6.45, 7) is 9.69. The minimum atomic E-state index is -0.439. The molecule has 0 radical (unpaired) electrons. The van der Waals surface area contributed by atoms with Crippen LogP contribution in [0.2, 0.25) is 0 Å². The zero-order chi connectivity index (χ0) is 20.6. The second kappa shape index (κ2) is 9.41. The number of piperidine rings is 1. The first-order chi connectivity index (χ1) is 13.8. The van der Waals surface area contributed by atoms with Crippen molar-refractivity contribution < 1.29 is 9.53 Å².